The van der Waals surface area contributed by atoms with Gasteiger partial charge in [-0.15, -0.1) is 0 Å². The van der Waals surface area contributed by atoms with Crippen molar-refractivity contribution in [1.29, 1.82) is 0 Å². The van der Waals surface area contributed by atoms with E-state index in [1.165, 1.54) is 29.2 Å². The Morgan fingerprint density at radius 3 is 2.52 bits per heavy atom. The van der Waals surface area contributed by atoms with Crippen molar-refractivity contribution in [2.24, 2.45) is 0 Å². The Hall–Kier alpha value is -3.29. The normalized spacial score (nSPS) is 12.9. The molecule has 0 bridgehead atoms. The standard InChI is InChI=1S/C19H16F2N2O4.C2H6/c1-12-10-14(23(25)26)6-7-15(12)18(24)22-9-8-13(11-22)16-4-2-3-5-17(16)27-19(20)21;1-2/h2-7,10-11,19H,8-9H2,1H3;1-2H3. The Kier molecular flexibility index (Phi) is 7.41. The van der Waals surface area contributed by atoms with Crippen LogP contribution in [0.25, 0.3) is 5.57 Å². The minimum atomic E-state index is -2.94. The molecule has 1 aliphatic heterocycles. The van der Waals surface area contributed by atoms with E-state index < -0.39 is 11.5 Å². The third-order valence-corrected chi connectivity index (χ3v) is 4.29. The molecule has 0 N–H and O–H groups in total. The number of hydrogen-bond donors (Lipinski definition) is 0. The second-order valence-electron chi connectivity index (χ2n) is 6.03. The maximum atomic E-state index is 12.7. The molecule has 0 unspecified atom stereocenters. The van der Waals surface area contributed by atoms with E-state index in [0.717, 1.165) is 0 Å². The summed E-state index contributed by atoms with van der Waals surface area (Å²) in [5.41, 5.74) is 1.99. The first-order valence-corrected chi connectivity index (χ1v) is 9.17. The molecule has 0 aliphatic carbocycles. The summed E-state index contributed by atoms with van der Waals surface area (Å²) in [6.45, 7) is 3.08. The van der Waals surface area contributed by atoms with Crippen molar-refractivity contribution in [2.45, 2.75) is 33.8 Å². The number of benzene rings is 2. The molecule has 0 saturated heterocycles. The van der Waals surface area contributed by atoms with Crippen molar-refractivity contribution in [1.82, 2.24) is 4.90 Å². The van der Waals surface area contributed by atoms with E-state index in [9.17, 15) is 23.7 Å². The van der Waals surface area contributed by atoms with Gasteiger partial charge in [0.05, 0.1) is 4.92 Å². The number of amides is 1. The molecule has 0 atom stereocenters. The number of aryl methyl sites for hydroxylation is 1. The summed E-state index contributed by atoms with van der Waals surface area (Å²) in [7, 11) is 0. The lowest BCUT2D eigenvalue weighted by Gasteiger charge is -2.14. The van der Waals surface area contributed by atoms with Gasteiger partial charge in [0.15, 0.2) is 0 Å². The predicted octanol–water partition coefficient (Wildman–Crippen LogP) is 5.42. The number of nitrogens with zero attached hydrogens (tertiary/aromatic N) is 2. The summed E-state index contributed by atoms with van der Waals surface area (Å²) in [4.78, 5) is 24.5. The third-order valence-electron chi connectivity index (χ3n) is 4.29. The number of nitro benzene ring substituents is 1. The molecule has 2 aromatic carbocycles. The zero-order valence-corrected chi connectivity index (χ0v) is 16.4. The summed E-state index contributed by atoms with van der Waals surface area (Å²) in [6, 6.07) is 10.5. The van der Waals surface area contributed by atoms with E-state index in [0.29, 0.717) is 35.2 Å². The second kappa shape index (κ2) is 9.77. The average molecular weight is 404 g/mol. The van der Waals surface area contributed by atoms with Gasteiger partial charge in [0.1, 0.15) is 5.75 Å². The van der Waals surface area contributed by atoms with Crippen LogP contribution in [0.1, 0.15) is 41.8 Å². The van der Waals surface area contributed by atoms with E-state index in [4.69, 9.17) is 0 Å². The highest BCUT2D eigenvalue weighted by atomic mass is 19.3. The number of hydrogen-bond acceptors (Lipinski definition) is 4. The minimum absolute atomic E-state index is 0.0552. The van der Waals surface area contributed by atoms with Crippen LogP contribution in [0.2, 0.25) is 0 Å². The molecule has 154 valence electrons. The highest BCUT2D eigenvalue weighted by molar-refractivity contribution is 5.98. The topological polar surface area (TPSA) is 72.7 Å². The lowest BCUT2D eigenvalue weighted by Crippen LogP contribution is -2.24. The van der Waals surface area contributed by atoms with Crippen LogP contribution in [0.4, 0.5) is 14.5 Å². The molecule has 0 saturated carbocycles. The number of carbonyl (C=O) groups excluding carboxylic acids is 1. The quantitative estimate of drug-likeness (QED) is 0.493. The Labute approximate surface area is 167 Å². The molecule has 2 aromatic rings. The first kappa shape index (κ1) is 22.0. The van der Waals surface area contributed by atoms with Gasteiger partial charge in [0, 0.05) is 36.0 Å². The number of halogens is 2. The van der Waals surface area contributed by atoms with Gasteiger partial charge in [-0.05, 0) is 36.6 Å². The van der Waals surface area contributed by atoms with Crippen LogP contribution in [0.5, 0.6) is 5.75 Å². The van der Waals surface area contributed by atoms with Gasteiger partial charge in [-0.3, -0.25) is 14.9 Å². The summed E-state index contributed by atoms with van der Waals surface area (Å²) in [6.07, 6.45) is 2.10. The van der Waals surface area contributed by atoms with Gasteiger partial charge in [0.25, 0.3) is 11.6 Å². The smallest absolute Gasteiger partial charge is 0.387 e. The second-order valence-corrected chi connectivity index (χ2v) is 6.03. The van der Waals surface area contributed by atoms with Crippen molar-refractivity contribution in [2.75, 3.05) is 6.54 Å². The van der Waals surface area contributed by atoms with Crippen molar-refractivity contribution in [3.05, 3.63) is 75.5 Å². The molecule has 1 amide bonds. The molecule has 0 spiro atoms. The van der Waals surface area contributed by atoms with E-state index in [2.05, 4.69) is 4.74 Å². The molecular weight excluding hydrogens is 382 g/mol. The third kappa shape index (κ3) is 5.16. The number of carbonyl (C=O) groups is 1. The molecule has 29 heavy (non-hydrogen) atoms. The van der Waals surface area contributed by atoms with Crippen LogP contribution in [0.15, 0.2) is 48.7 Å². The lowest BCUT2D eigenvalue weighted by atomic mass is 10.0. The van der Waals surface area contributed by atoms with E-state index in [-0.39, 0.29) is 17.3 Å². The predicted molar refractivity (Wildman–Crippen MR) is 106 cm³/mol. The Morgan fingerprint density at radius 1 is 1.21 bits per heavy atom. The van der Waals surface area contributed by atoms with Crippen molar-refractivity contribution in [3.8, 4) is 5.75 Å². The number of ether oxygens (including phenoxy) is 1. The van der Waals surface area contributed by atoms with Gasteiger partial charge in [-0.1, -0.05) is 32.0 Å². The monoisotopic (exact) mass is 404 g/mol. The highest BCUT2D eigenvalue weighted by Gasteiger charge is 2.24. The molecule has 3 rings (SSSR count). The number of para-hydroxylation sites is 1. The van der Waals surface area contributed by atoms with Crippen LogP contribution in [-0.2, 0) is 0 Å². The molecule has 1 aliphatic rings. The van der Waals surface area contributed by atoms with Crippen LogP contribution in [0.3, 0.4) is 0 Å². The van der Waals surface area contributed by atoms with E-state index in [1.54, 1.807) is 31.3 Å². The first-order chi connectivity index (χ1) is 13.9. The van der Waals surface area contributed by atoms with Crippen LogP contribution in [0, 0.1) is 17.0 Å². The molecule has 0 aromatic heterocycles. The van der Waals surface area contributed by atoms with Crippen LogP contribution in [-0.4, -0.2) is 28.9 Å². The molecular formula is C21H22F2N2O4. The Bertz CT molecular complexity index is 929. The molecule has 1 heterocycles. The van der Waals surface area contributed by atoms with E-state index >= 15 is 0 Å². The number of non-ortho nitro benzene ring substituents is 1. The average Bonchev–Trinajstić information content (AvgIpc) is 3.19. The fourth-order valence-electron chi connectivity index (χ4n) is 3.01. The van der Waals surface area contributed by atoms with Gasteiger partial charge < -0.3 is 9.64 Å². The largest absolute Gasteiger partial charge is 0.434 e. The first-order valence-electron chi connectivity index (χ1n) is 9.17. The van der Waals surface area contributed by atoms with Crippen LogP contribution < -0.4 is 4.74 Å². The summed E-state index contributed by atoms with van der Waals surface area (Å²) >= 11 is 0. The molecule has 8 heteroatoms. The SMILES string of the molecule is CC.Cc1cc([N+](=O)[O-])ccc1C(=O)N1C=C(c2ccccc2OC(F)F)CC1. The van der Waals surface area contributed by atoms with Gasteiger partial charge >= 0.3 is 6.61 Å². The zero-order chi connectivity index (χ0) is 21.6. The maximum Gasteiger partial charge on any atom is 0.387 e. The minimum Gasteiger partial charge on any atom is -0.434 e. The van der Waals surface area contributed by atoms with Gasteiger partial charge in [-0.25, -0.2) is 0 Å². The summed E-state index contributed by atoms with van der Waals surface area (Å²) in [5, 5.41) is 10.8. The highest BCUT2D eigenvalue weighted by Crippen LogP contribution is 2.33. The maximum absolute atomic E-state index is 12.7. The number of alkyl halides is 2. The molecule has 0 fully saturated rings. The summed E-state index contributed by atoms with van der Waals surface area (Å²) in [5.74, 6) is -0.246. The molecule has 0 radical (unpaired) electrons. The van der Waals surface area contributed by atoms with Crippen LogP contribution >= 0.6 is 0 Å². The fraction of sp³-hybridized carbons (Fsp3) is 0.286. The van der Waals surface area contributed by atoms with Gasteiger partial charge in [0.2, 0.25) is 0 Å². The van der Waals surface area contributed by atoms with E-state index in [1.807, 2.05) is 13.8 Å². The fourth-order valence-corrected chi connectivity index (χ4v) is 3.01. The Morgan fingerprint density at radius 2 is 1.90 bits per heavy atom. The number of nitro groups is 1. The molecule has 6 nitrogen and oxygen atoms in total. The zero-order valence-electron chi connectivity index (χ0n) is 16.4. The van der Waals surface area contributed by atoms with Crippen molar-refractivity contribution < 1.29 is 23.2 Å². The Balaban J connectivity index is 0.00000145. The van der Waals surface area contributed by atoms with Crippen molar-refractivity contribution >= 4 is 17.2 Å². The summed E-state index contributed by atoms with van der Waals surface area (Å²) < 4.78 is 29.7. The van der Waals surface area contributed by atoms with Crippen molar-refractivity contribution in [3.63, 3.8) is 0 Å². The lowest BCUT2D eigenvalue weighted by molar-refractivity contribution is -0.384. The van der Waals surface area contributed by atoms with Gasteiger partial charge in [-0.2, -0.15) is 8.78 Å². The number of rotatable bonds is 5.